The van der Waals surface area contributed by atoms with E-state index < -0.39 is 6.10 Å². The quantitative estimate of drug-likeness (QED) is 0.646. The second-order valence-corrected chi connectivity index (χ2v) is 4.90. The van der Waals surface area contributed by atoms with Crippen LogP contribution in [0.25, 0.3) is 0 Å². The number of methoxy groups -OCH3 is 1. The Labute approximate surface area is 109 Å². The van der Waals surface area contributed by atoms with Crippen LogP contribution in [-0.2, 0) is 9.53 Å². The van der Waals surface area contributed by atoms with E-state index in [1.807, 2.05) is 0 Å². The average molecular weight is 258 g/mol. The number of nitrogens with one attached hydrogen (secondary N) is 2. The molecule has 0 spiro atoms. The lowest BCUT2D eigenvalue weighted by molar-refractivity contribution is -0.123. The van der Waals surface area contributed by atoms with Crippen LogP contribution in [0.2, 0.25) is 0 Å². The zero-order valence-corrected chi connectivity index (χ0v) is 11.3. The molecule has 1 heterocycles. The Bertz CT molecular complexity index is 228. The molecule has 0 aromatic heterocycles. The van der Waals surface area contributed by atoms with Crippen molar-refractivity contribution < 1.29 is 14.6 Å². The molecule has 0 radical (unpaired) electrons. The van der Waals surface area contributed by atoms with E-state index in [1.165, 1.54) is 12.8 Å². The smallest absolute Gasteiger partial charge is 0.237 e. The molecular formula is C13H26N2O3. The normalized spacial score (nSPS) is 22.9. The summed E-state index contributed by atoms with van der Waals surface area (Å²) in [6.45, 7) is 1.74. The molecule has 106 valence electrons. The number of ether oxygens (including phenoxy) is 1. The predicted molar refractivity (Wildman–Crippen MR) is 70.4 cm³/mol. The highest BCUT2D eigenvalue weighted by molar-refractivity contribution is 5.81. The van der Waals surface area contributed by atoms with Gasteiger partial charge in [0.1, 0.15) is 0 Å². The summed E-state index contributed by atoms with van der Waals surface area (Å²) in [5, 5.41) is 15.6. The van der Waals surface area contributed by atoms with Crippen LogP contribution in [0, 0.1) is 0 Å². The predicted octanol–water partition coefficient (Wildman–Crippen LogP) is 0.422. The molecule has 5 nitrogen and oxygen atoms in total. The van der Waals surface area contributed by atoms with Crippen LogP contribution in [0.15, 0.2) is 0 Å². The van der Waals surface area contributed by atoms with Gasteiger partial charge in [0.05, 0.1) is 18.8 Å². The number of aliphatic hydroxyl groups excluding tert-OH is 1. The Morgan fingerprint density at radius 2 is 2.22 bits per heavy atom. The van der Waals surface area contributed by atoms with Gasteiger partial charge in [-0.05, 0) is 25.8 Å². The zero-order chi connectivity index (χ0) is 13.2. The Morgan fingerprint density at radius 3 is 3.00 bits per heavy atom. The maximum atomic E-state index is 11.9. The zero-order valence-electron chi connectivity index (χ0n) is 11.3. The van der Waals surface area contributed by atoms with Gasteiger partial charge in [0.25, 0.3) is 0 Å². The Balaban J connectivity index is 2.17. The largest absolute Gasteiger partial charge is 0.391 e. The Hall–Kier alpha value is -0.650. The summed E-state index contributed by atoms with van der Waals surface area (Å²) in [6, 6.07) is -0.0649. The molecule has 1 aliphatic heterocycles. The van der Waals surface area contributed by atoms with Gasteiger partial charge in [-0.2, -0.15) is 0 Å². The Morgan fingerprint density at radius 1 is 1.44 bits per heavy atom. The van der Waals surface area contributed by atoms with Crippen molar-refractivity contribution in [1.82, 2.24) is 10.6 Å². The first-order valence-corrected chi connectivity index (χ1v) is 6.92. The minimum absolute atomic E-state index is 0.0570. The van der Waals surface area contributed by atoms with Crippen molar-refractivity contribution in [3.63, 3.8) is 0 Å². The third-order valence-electron chi connectivity index (χ3n) is 3.26. The highest BCUT2D eigenvalue weighted by Gasteiger charge is 2.18. The van der Waals surface area contributed by atoms with Crippen molar-refractivity contribution in [1.29, 1.82) is 0 Å². The van der Waals surface area contributed by atoms with Gasteiger partial charge in [-0.25, -0.2) is 0 Å². The number of aliphatic hydroxyl groups is 1. The molecule has 0 bridgehead atoms. The maximum Gasteiger partial charge on any atom is 0.237 e. The second-order valence-electron chi connectivity index (χ2n) is 4.90. The van der Waals surface area contributed by atoms with Crippen molar-refractivity contribution in [2.45, 2.75) is 50.7 Å². The van der Waals surface area contributed by atoms with Gasteiger partial charge in [0, 0.05) is 13.7 Å². The van der Waals surface area contributed by atoms with Gasteiger partial charge in [0.2, 0.25) is 5.91 Å². The highest BCUT2D eigenvalue weighted by Crippen LogP contribution is 2.09. The van der Waals surface area contributed by atoms with Gasteiger partial charge in [0.15, 0.2) is 0 Å². The summed E-state index contributed by atoms with van der Waals surface area (Å²) in [5.41, 5.74) is 0. The van der Waals surface area contributed by atoms with Crippen LogP contribution < -0.4 is 10.6 Å². The summed E-state index contributed by atoms with van der Waals surface area (Å²) >= 11 is 0. The van der Waals surface area contributed by atoms with E-state index in [4.69, 9.17) is 4.74 Å². The molecule has 1 amide bonds. The fraction of sp³-hybridized carbons (Fsp3) is 0.923. The number of hydrogen-bond acceptors (Lipinski definition) is 4. The summed E-state index contributed by atoms with van der Waals surface area (Å²) in [4.78, 5) is 11.9. The molecule has 1 aliphatic rings. The molecular weight excluding hydrogens is 232 g/mol. The standard InChI is InChI=1S/C13H26N2O3/c1-18-10-11(16)7-9-15-13(17)12-6-4-2-3-5-8-14-12/h11-12,14,16H,2-10H2,1H3,(H,15,17). The first-order chi connectivity index (χ1) is 8.74. The molecule has 18 heavy (non-hydrogen) atoms. The average Bonchev–Trinajstić information content (AvgIpc) is 2.28. The minimum atomic E-state index is -0.499. The summed E-state index contributed by atoms with van der Waals surface area (Å²) in [7, 11) is 1.56. The van der Waals surface area contributed by atoms with Gasteiger partial charge >= 0.3 is 0 Å². The molecule has 1 saturated heterocycles. The van der Waals surface area contributed by atoms with Crippen molar-refractivity contribution in [3.8, 4) is 0 Å². The summed E-state index contributed by atoms with van der Waals surface area (Å²) < 4.78 is 4.83. The fourth-order valence-electron chi connectivity index (χ4n) is 2.19. The molecule has 0 aromatic rings. The van der Waals surface area contributed by atoms with Crippen molar-refractivity contribution in [2.24, 2.45) is 0 Å². The lowest BCUT2D eigenvalue weighted by atomic mass is 10.0. The van der Waals surface area contributed by atoms with Crippen LogP contribution in [0.1, 0.15) is 38.5 Å². The second kappa shape index (κ2) is 9.30. The van der Waals surface area contributed by atoms with Gasteiger partial charge < -0.3 is 20.5 Å². The molecule has 0 aliphatic carbocycles. The molecule has 3 N–H and O–H groups in total. The molecule has 1 fully saturated rings. The fourth-order valence-corrected chi connectivity index (χ4v) is 2.19. The van der Waals surface area contributed by atoms with E-state index >= 15 is 0 Å². The first kappa shape index (κ1) is 15.4. The first-order valence-electron chi connectivity index (χ1n) is 6.92. The third kappa shape index (κ3) is 6.33. The van der Waals surface area contributed by atoms with Crippen LogP contribution in [-0.4, -0.2) is 50.0 Å². The summed E-state index contributed by atoms with van der Waals surface area (Å²) in [5.74, 6) is 0.0570. The van der Waals surface area contributed by atoms with Crippen LogP contribution in [0.4, 0.5) is 0 Å². The number of carbonyl (C=O) groups excluding carboxylic acids is 1. The lowest BCUT2D eigenvalue weighted by Gasteiger charge is -2.21. The monoisotopic (exact) mass is 258 g/mol. The van der Waals surface area contributed by atoms with E-state index in [-0.39, 0.29) is 11.9 Å². The van der Waals surface area contributed by atoms with Crippen LogP contribution in [0.5, 0.6) is 0 Å². The van der Waals surface area contributed by atoms with Crippen LogP contribution in [0.3, 0.4) is 0 Å². The van der Waals surface area contributed by atoms with Gasteiger partial charge in [-0.3, -0.25) is 4.79 Å². The Kier molecular flexibility index (Phi) is 7.96. The van der Waals surface area contributed by atoms with Crippen molar-refractivity contribution >= 4 is 5.91 Å². The minimum Gasteiger partial charge on any atom is -0.391 e. The number of hydrogen-bond donors (Lipinski definition) is 3. The lowest BCUT2D eigenvalue weighted by Crippen LogP contribution is -2.45. The van der Waals surface area contributed by atoms with Gasteiger partial charge in [-0.15, -0.1) is 0 Å². The van der Waals surface area contributed by atoms with E-state index in [0.29, 0.717) is 19.6 Å². The highest BCUT2D eigenvalue weighted by atomic mass is 16.5. The van der Waals surface area contributed by atoms with Crippen LogP contribution >= 0.6 is 0 Å². The topological polar surface area (TPSA) is 70.6 Å². The van der Waals surface area contributed by atoms with Crippen molar-refractivity contribution in [3.05, 3.63) is 0 Å². The van der Waals surface area contributed by atoms with E-state index in [2.05, 4.69) is 10.6 Å². The SMILES string of the molecule is COCC(O)CCNC(=O)C1CCCCCCN1. The van der Waals surface area contributed by atoms with E-state index in [9.17, 15) is 9.90 Å². The number of carbonyl (C=O) groups is 1. The third-order valence-corrected chi connectivity index (χ3v) is 3.26. The van der Waals surface area contributed by atoms with Crippen molar-refractivity contribution in [2.75, 3.05) is 26.8 Å². The number of amides is 1. The van der Waals surface area contributed by atoms with E-state index in [1.54, 1.807) is 7.11 Å². The molecule has 2 unspecified atom stereocenters. The molecule has 5 heteroatoms. The maximum absolute atomic E-state index is 11.9. The number of rotatable bonds is 6. The molecule has 1 rings (SSSR count). The molecule has 0 aromatic carbocycles. The molecule has 0 saturated carbocycles. The molecule has 2 atom stereocenters. The summed E-state index contributed by atoms with van der Waals surface area (Å²) in [6.07, 6.45) is 5.68. The van der Waals surface area contributed by atoms with Gasteiger partial charge in [-0.1, -0.05) is 19.3 Å². The van der Waals surface area contributed by atoms with E-state index in [0.717, 1.165) is 25.8 Å².